The molecule has 0 radical (unpaired) electrons. The number of carbonyl (C=O) groups excluding carboxylic acids is 1. The number of aromatic nitrogens is 2. The molecule has 0 saturated carbocycles. The maximum absolute atomic E-state index is 12.1. The van der Waals surface area contributed by atoms with Crippen LogP contribution in [0.3, 0.4) is 0 Å². The Morgan fingerprint density at radius 2 is 2.12 bits per heavy atom. The fraction of sp³-hybridized carbons (Fsp3) is 0.125. The van der Waals surface area contributed by atoms with E-state index in [0.29, 0.717) is 16.3 Å². The van der Waals surface area contributed by atoms with E-state index in [1.807, 2.05) is 36.5 Å². The quantitative estimate of drug-likeness (QED) is 0.570. The molecule has 2 heterocycles. The minimum Gasteiger partial charge on any atom is -0.347 e. The molecule has 122 valence electrons. The van der Waals surface area contributed by atoms with Gasteiger partial charge >= 0.3 is 0 Å². The zero-order valence-electron chi connectivity index (χ0n) is 12.8. The van der Waals surface area contributed by atoms with Gasteiger partial charge in [0.15, 0.2) is 0 Å². The number of nitrogens with zero attached hydrogens (tertiary/aromatic N) is 3. The van der Waals surface area contributed by atoms with Crippen LogP contribution in [0.5, 0.6) is 0 Å². The third-order valence-corrected chi connectivity index (χ3v) is 4.51. The fourth-order valence-corrected chi connectivity index (χ4v) is 3.13. The summed E-state index contributed by atoms with van der Waals surface area (Å²) >= 11 is 1.12. The lowest BCUT2D eigenvalue weighted by Crippen LogP contribution is -2.21. The number of carbonyl (C=O) groups is 1. The number of thiophene rings is 1. The van der Waals surface area contributed by atoms with Gasteiger partial charge in [-0.05, 0) is 30.7 Å². The molecule has 0 atom stereocenters. The molecule has 0 aliphatic rings. The van der Waals surface area contributed by atoms with Crippen LogP contribution in [0.1, 0.15) is 20.1 Å². The summed E-state index contributed by atoms with van der Waals surface area (Å²) in [5, 5.41) is 17.8. The lowest BCUT2D eigenvalue weighted by molar-refractivity contribution is -0.385. The average Bonchev–Trinajstić information content (AvgIpc) is 3.22. The van der Waals surface area contributed by atoms with Crippen molar-refractivity contribution in [3.63, 3.8) is 0 Å². The van der Waals surface area contributed by atoms with Crippen LogP contribution >= 0.6 is 11.3 Å². The number of hydrogen-bond donors (Lipinski definition) is 1. The maximum atomic E-state index is 12.1. The SMILES string of the molecule is Cc1sc(C(=O)NCc2ccc(-n3cccn3)cc2)cc1[N+](=O)[O-]. The molecular formula is C16H14N4O3S. The Kier molecular flexibility index (Phi) is 4.39. The Labute approximate surface area is 141 Å². The number of nitro groups is 1. The number of hydrogen-bond acceptors (Lipinski definition) is 5. The van der Waals surface area contributed by atoms with Gasteiger partial charge < -0.3 is 5.32 Å². The summed E-state index contributed by atoms with van der Waals surface area (Å²) in [5.41, 5.74) is 1.84. The second-order valence-electron chi connectivity index (χ2n) is 5.11. The third-order valence-electron chi connectivity index (χ3n) is 3.47. The summed E-state index contributed by atoms with van der Waals surface area (Å²) in [4.78, 5) is 23.3. The highest BCUT2D eigenvalue weighted by Gasteiger charge is 2.19. The summed E-state index contributed by atoms with van der Waals surface area (Å²) in [6.45, 7) is 1.98. The minimum atomic E-state index is -0.476. The van der Waals surface area contributed by atoms with Crippen LogP contribution in [0.15, 0.2) is 48.8 Å². The van der Waals surface area contributed by atoms with E-state index >= 15 is 0 Å². The molecule has 0 aliphatic carbocycles. The number of benzene rings is 1. The monoisotopic (exact) mass is 342 g/mol. The lowest BCUT2D eigenvalue weighted by Gasteiger charge is -2.06. The number of rotatable bonds is 5. The minimum absolute atomic E-state index is 0.0197. The second kappa shape index (κ2) is 6.63. The van der Waals surface area contributed by atoms with Crippen molar-refractivity contribution in [3.05, 3.63) is 74.2 Å². The van der Waals surface area contributed by atoms with Gasteiger partial charge in [-0.2, -0.15) is 5.10 Å². The zero-order chi connectivity index (χ0) is 17.1. The molecule has 24 heavy (non-hydrogen) atoms. The van der Waals surface area contributed by atoms with E-state index in [1.165, 1.54) is 6.07 Å². The molecule has 0 saturated heterocycles. The highest BCUT2D eigenvalue weighted by Crippen LogP contribution is 2.27. The molecule has 0 aliphatic heterocycles. The topological polar surface area (TPSA) is 90.1 Å². The van der Waals surface area contributed by atoms with Gasteiger partial charge in [0.2, 0.25) is 0 Å². The predicted molar refractivity (Wildman–Crippen MR) is 90.4 cm³/mol. The van der Waals surface area contributed by atoms with Gasteiger partial charge in [-0.15, -0.1) is 11.3 Å². The van der Waals surface area contributed by atoms with Gasteiger partial charge in [-0.3, -0.25) is 14.9 Å². The Morgan fingerprint density at radius 1 is 1.38 bits per heavy atom. The first-order valence-electron chi connectivity index (χ1n) is 7.16. The summed E-state index contributed by atoms with van der Waals surface area (Å²) in [5.74, 6) is -0.313. The van der Waals surface area contributed by atoms with Crippen molar-refractivity contribution in [2.45, 2.75) is 13.5 Å². The van der Waals surface area contributed by atoms with Crippen LogP contribution in [0.2, 0.25) is 0 Å². The van der Waals surface area contributed by atoms with E-state index in [9.17, 15) is 14.9 Å². The molecule has 1 aromatic carbocycles. The molecule has 0 unspecified atom stereocenters. The van der Waals surface area contributed by atoms with Crippen LogP contribution in [0, 0.1) is 17.0 Å². The average molecular weight is 342 g/mol. The van der Waals surface area contributed by atoms with Gasteiger partial charge in [-0.1, -0.05) is 12.1 Å². The molecule has 7 nitrogen and oxygen atoms in total. The van der Waals surface area contributed by atoms with E-state index in [1.54, 1.807) is 17.8 Å². The number of aryl methyl sites for hydroxylation is 1. The van der Waals surface area contributed by atoms with Crippen molar-refractivity contribution >= 4 is 22.9 Å². The predicted octanol–water partition coefficient (Wildman–Crippen LogP) is 3.08. The first-order chi connectivity index (χ1) is 11.5. The van der Waals surface area contributed by atoms with Gasteiger partial charge in [0.25, 0.3) is 11.6 Å². The van der Waals surface area contributed by atoms with Gasteiger partial charge in [0.1, 0.15) is 0 Å². The summed E-state index contributed by atoms with van der Waals surface area (Å²) in [7, 11) is 0. The molecule has 3 rings (SSSR count). The Hall–Kier alpha value is -3.00. The van der Waals surface area contributed by atoms with E-state index in [0.717, 1.165) is 22.6 Å². The normalized spacial score (nSPS) is 10.5. The van der Waals surface area contributed by atoms with Crippen molar-refractivity contribution in [1.29, 1.82) is 0 Å². The van der Waals surface area contributed by atoms with E-state index in [2.05, 4.69) is 10.4 Å². The summed E-state index contributed by atoms with van der Waals surface area (Å²) in [6.07, 6.45) is 3.55. The van der Waals surface area contributed by atoms with Crippen LogP contribution in [0.4, 0.5) is 5.69 Å². The van der Waals surface area contributed by atoms with Crippen LogP contribution in [-0.4, -0.2) is 20.6 Å². The number of amides is 1. The largest absolute Gasteiger partial charge is 0.347 e. The highest BCUT2D eigenvalue weighted by atomic mass is 32.1. The molecule has 0 spiro atoms. The van der Waals surface area contributed by atoms with Gasteiger partial charge in [-0.25, -0.2) is 4.68 Å². The van der Waals surface area contributed by atoms with E-state index in [4.69, 9.17) is 0 Å². The fourth-order valence-electron chi connectivity index (χ4n) is 2.22. The van der Waals surface area contributed by atoms with Gasteiger partial charge in [0, 0.05) is 25.0 Å². The maximum Gasteiger partial charge on any atom is 0.283 e. The van der Waals surface area contributed by atoms with Crippen LogP contribution < -0.4 is 5.32 Å². The molecule has 0 bridgehead atoms. The smallest absolute Gasteiger partial charge is 0.283 e. The Balaban J connectivity index is 1.64. The first-order valence-corrected chi connectivity index (χ1v) is 7.98. The molecule has 1 N–H and O–H groups in total. The van der Waals surface area contributed by atoms with Crippen molar-refractivity contribution in [3.8, 4) is 5.69 Å². The first kappa shape index (κ1) is 15.9. The summed E-state index contributed by atoms with van der Waals surface area (Å²) in [6, 6.07) is 10.8. The van der Waals surface area contributed by atoms with Crippen molar-refractivity contribution in [1.82, 2.24) is 15.1 Å². The molecule has 1 amide bonds. The van der Waals surface area contributed by atoms with Crippen molar-refractivity contribution in [2.24, 2.45) is 0 Å². The standard InChI is InChI=1S/C16H14N4O3S/c1-11-14(20(22)23)9-15(24-11)16(21)17-10-12-3-5-13(6-4-12)19-8-2-7-18-19/h2-9H,10H2,1H3,(H,17,21). The molecule has 3 aromatic rings. The molecular weight excluding hydrogens is 328 g/mol. The molecule has 0 fully saturated rings. The number of nitrogens with one attached hydrogen (secondary N) is 1. The highest BCUT2D eigenvalue weighted by molar-refractivity contribution is 7.14. The Bertz CT molecular complexity index is 869. The van der Waals surface area contributed by atoms with Crippen molar-refractivity contribution < 1.29 is 9.72 Å². The zero-order valence-corrected chi connectivity index (χ0v) is 13.6. The third kappa shape index (κ3) is 3.33. The van der Waals surface area contributed by atoms with Crippen LogP contribution in [-0.2, 0) is 6.54 Å². The van der Waals surface area contributed by atoms with Gasteiger partial charge in [0.05, 0.1) is 20.4 Å². The molecule has 2 aromatic heterocycles. The van der Waals surface area contributed by atoms with Crippen molar-refractivity contribution in [2.75, 3.05) is 0 Å². The van der Waals surface area contributed by atoms with E-state index < -0.39 is 4.92 Å². The second-order valence-corrected chi connectivity index (χ2v) is 6.37. The summed E-state index contributed by atoms with van der Waals surface area (Å²) < 4.78 is 1.75. The Morgan fingerprint density at radius 3 is 2.71 bits per heavy atom. The van der Waals surface area contributed by atoms with E-state index in [-0.39, 0.29) is 11.6 Å². The lowest BCUT2D eigenvalue weighted by atomic mass is 10.2. The molecule has 8 heteroatoms. The van der Waals surface area contributed by atoms with Crippen LogP contribution in [0.25, 0.3) is 5.69 Å².